The second-order valence-corrected chi connectivity index (χ2v) is 45.3. The van der Waals surface area contributed by atoms with Crippen LogP contribution in [0.2, 0.25) is 0 Å². The summed E-state index contributed by atoms with van der Waals surface area (Å²) in [5.74, 6) is 5.55. The van der Waals surface area contributed by atoms with Crippen LogP contribution in [0.3, 0.4) is 0 Å². The van der Waals surface area contributed by atoms with Gasteiger partial charge in [0.05, 0.1) is 9.89 Å². The first kappa shape index (κ1) is 93.0. The van der Waals surface area contributed by atoms with Crippen LogP contribution in [-0.4, -0.2) is 0 Å². The molecule has 694 valence electrons. The molecular weight excluding hydrogens is 2220 g/mol. The van der Waals surface area contributed by atoms with Crippen molar-refractivity contribution >= 4 is 187 Å². The van der Waals surface area contributed by atoms with E-state index in [1.54, 1.807) is 0 Å². The Labute approximate surface area is 897 Å². The highest BCUT2D eigenvalue weighted by Gasteiger charge is 2.46. The zero-order valence-electron chi connectivity index (χ0n) is 79.5. The Kier molecular flexibility index (Phi) is 24.1. The molecule has 30 rings (SSSR count). The molecule has 0 N–H and O–H groups in total. The summed E-state index contributed by atoms with van der Waals surface area (Å²) in [7, 11) is 0. The molecular formula is C134H91Br7O3. The highest BCUT2D eigenvalue weighted by molar-refractivity contribution is 9.11. The van der Waals surface area contributed by atoms with E-state index in [1.165, 1.54) is 197 Å². The maximum absolute atomic E-state index is 6.03. The van der Waals surface area contributed by atoms with Gasteiger partial charge >= 0.3 is 0 Å². The van der Waals surface area contributed by atoms with Crippen molar-refractivity contribution in [2.75, 3.05) is 0 Å². The van der Waals surface area contributed by atoms with Gasteiger partial charge in [0, 0.05) is 75.9 Å². The van der Waals surface area contributed by atoms with Crippen LogP contribution in [0.25, 0.3) is 153 Å². The van der Waals surface area contributed by atoms with Crippen molar-refractivity contribution in [2.24, 2.45) is 0 Å². The summed E-state index contributed by atoms with van der Waals surface area (Å²) >= 11 is 25.5. The molecule has 23 aromatic carbocycles. The fourth-order valence-corrected chi connectivity index (χ4v) is 26.9. The number of para-hydroxylation sites is 1. The number of hydrogen-bond donors (Lipinski definition) is 0. The highest BCUT2D eigenvalue weighted by atomic mass is 79.9. The molecule has 0 fully saturated rings. The smallest absolute Gasteiger partial charge is 0.149 e. The number of rotatable bonds is 2. The average Bonchev–Trinajstić information content (AvgIpc) is 0.655. The third kappa shape index (κ3) is 15.8. The second-order valence-electron chi connectivity index (χ2n) is 39.1. The van der Waals surface area contributed by atoms with Crippen LogP contribution in [0.15, 0.2) is 474 Å². The lowest BCUT2D eigenvalue weighted by molar-refractivity contribution is 0.484. The van der Waals surface area contributed by atoms with E-state index in [0.29, 0.717) is 0 Å². The third-order valence-corrected chi connectivity index (χ3v) is 33.8. The number of halogens is 7. The molecule has 0 unspecified atom stereocenters. The number of benzene rings is 23. The SMILES string of the molecule is Brc1ccc2c(c1)-c1cccc3cccc(c13)O2.Brc1ccc2c(c1)Oc1cccc3cccc-2c13.Brc1cccc2c1C(c1ccccc1)(c1ccccc1)c1cccc3cccc-2c13.Brc1cccc2c1Oc1cccc3cccc-2c13.CC1(C)c2c(Br)cccc2-c2cccc3cccc1c23.CC1(C)c2cc(Br)ccc2-c2cccc3cccc1c23.CC1(C)c2ccc(Br)cc2-c2cccc3cccc1c23. The zero-order chi connectivity index (χ0) is 98.2. The largest absolute Gasteiger partial charge is 0.456 e. The van der Waals surface area contributed by atoms with Gasteiger partial charge in [0.25, 0.3) is 0 Å². The minimum Gasteiger partial charge on any atom is -0.456 e. The minimum absolute atomic E-state index is 0.0172. The molecule has 0 atom stereocenters. The Balaban J connectivity index is 0.0000000911. The third-order valence-electron chi connectivity index (χ3n) is 29.9. The first-order chi connectivity index (χ1) is 70.1. The van der Waals surface area contributed by atoms with Crippen LogP contribution in [0.5, 0.6) is 34.5 Å². The fraction of sp³-hybridized carbons (Fsp3) is 0.0746. The summed E-state index contributed by atoms with van der Waals surface area (Å²) in [4.78, 5) is 0. The predicted molar refractivity (Wildman–Crippen MR) is 628 cm³/mol. The van der Waals surface area contributed by atoms with E-state index in [2.05, 4.69) is 529 Å². The first-order valence-corrected chi connectivity index (χ1v) is 54.0. The molecule has 144 heavy (non-hydrogen) atoms. The Morgan fingerprint density at radius 2 is 0.479 bits per heavy atom. The number of ether oxygens (including phenoxy) is 3. The molecule has 23 aromatic rings. The van der Waals surface area contributed by atoms with E-state index >= 15 is 0 Å². The first-order valence-electron chi connectivity index (χ1n) is 48.5. The topological polar surface area (TPSA) is 27.7 Å². The van der Waals surface area contributed by atoms with Crippen molar-refractivity contribution in [1.29, 1.82) is 0 Å². The Morgan fingerprint density at radius 1 is 0.167 bits per heavy atom. The van der Waals surface area contributed by atoms with Gasteiger partial charge in [-0.3, -0.25) is 0 Å². The van der Waals surface area contributed by atoms with Crippen LogP contribution in [0, 0.1) is 0 Å². The van der Waals surface area contributed by atoms with Gasteiger partial charge in [-0.15, -0.1) is 0 Å². The van der Waals surface area contributed by atoms with E-state index in [1.807, 2.05) is 66.7 Å². The Hall–Kier alpha value is -13.4. The van der Waals surface area contributed by atoms with Gasteiger partial charge in [0.1, 0.15) is 34.5 Å². The molecule has 10 heteroatoms. The molecule has 4 aliphatic carbocycles. The lowest BCUT2D eigenvalue weighted by Gasteiger charge is -2.42. The van der Waals surface area contributed by atoms with Crippen molar-refractivity contribution in [3.05, 3.63) is 530 Å². The Morgan fingerprint density at radius 3 is 0.972 bits per heavy atom. The van der Waals surface area contributed by atoms with Crippen molar-refractivity contribution in [3.8, 4) is 112 Å². The van der Waals surface area contributed by atoms with Gasteiger partial charge in [-0.1, -0.05) is 483 Å². The van der Waals surface area contributed by atoms with E-state index in [-0.39, 0.29) is 16.2 Å². The van der Waals surface area contributed by atoms with Crippen molar-refractivity contribution < 1.29 is 14.2 Å². The molecule has 0 saturated heterocycles. The summed E-state index contributed by atoms with van der Waals surface area (Å²) in [6.07, 6.45) is 0. The fourth-order valence-electron chi connectivity index (χ4n) is 23.5. The van der Waals surface area contributed by atoms with Crippen LogP contribution in [-0.2, 0) is 21.7 Å². The maximum atomic E-state index is 6.03. The molecule has 3 nitrogen and oxygen atoms in total. The molecule has 0 spiro atoms. The van der Waals surface area contributed by atoms with Gasteiger partial charge in [-0.05, 0) is 289 Å². The normalized spacial score (nSPS) is 13.7. The van der Waals surface area contributed by atoms with Gasteiger partial charge in [0.2, 0.25) is 0 Å². The quantitative estimate of drug-likeness (QED) is 0.173. The average molecular weight is 2310 g/mol. The highest BCUT2D eigenvalue weighted by Crippen LogP contribution is 2.60. The van der Waals surface area contributed by atoms with Gasteiger partial charge in [0.15, 0.2) is 0 Å². The molecule has 0 radical (unpaired) electrons. The number of fused-ring (bicyclic) bond motifs is 14. The zero-order valence-corrected chi connectivity index (χ0v) is 90.6. The lowest BCUT2D eigenvalue weighted by Crippen LogP contribution is -2.34. The lowest BCUT2D eigenvalue weighted by atomic mass is 9.59. The molecule has 0 bridgehead atoms. The van der Waals surface area contributed by atoms with E-state index < -0.39 is 5.41 Å². The summed E-state index contributed by atoms with van der Waals surface area (Å²) in [6.45, 7) is 13.9. The maximum Gasteiger partial charge on any atom is 0.149 e. The molecule has 7 aliphatic rings. The molecule has 0 aromatic heterocycles. The standard InChI is InChI=1S/C29H19Br.3C19H15Br.3C16H9BrO/c30-26-19-9-17-24-23-16-7-10-20-11-8-18-25(27(20)23)29(28(24)26,21-12-3-1-4-13-21)22-14-5-2-6-15-22;1-19(2)15-10-4-7-12-6-3-8-13(17(12)15)14-9-5-11-16(20)18(14)19;1-19(2)16-8-4-6-12-5-3-7-15(18(12)16)14-10-9-13(20)11-17(14)19;1-19(2)16-10-9-13(20)11-15(16)14-7-3-5-12-6-4-8-17(19)18(12)14;17-13-8-3-7-12-11-6-1-4-10-5-2-9-14(15(10)11)18-16(12)13;17-11-7-8-12-13-5-1-3-10-4-2-6-14(16(10)13)18-15(12)9-11;17-11-7-8-14-13(9-11)12-5-1-3-10-4-2-6-15(18-14)16(10)12/h1-19H;3*3-11H,1-2H3;3*1-9H. The summed E-state index contributed by atoms with van der Waals surface area (Å²) < 4.78 is 25.7. The minimum atomic E-state index is -0.397. The van der Waals surface area contributed by atoms with Crippen molar-refractivity contribution in [1.82, 2.24) is 0 Å². The van der Waals surface area contributed by atoms with Crippen LogP contribution < -0.4 is 14.2 Å². The Bertz CT molecular complexity index is 9030. The van der Waals surface area contributed by atoms with Gasteiger partial charge < -0.3 is 14.2 Å². The van der Waals surface area contributed by atoms with E-state index in [0.717, 1.165) is 78.0 Å². The van der Waals surface area contributed by atoms with Gasteiger partial charge in [-0.2, -0.15) is 0 Å². The summed E-state index contributed by atoms with van der Waals surface area (Å²) in [5.41, 5.74) is 31.3. The summed E-state index contributed by atoms with van der Waals surface area (Å²) in [6, 6.07) is 158. The summed E-state index contributed by atoms with van der Waals surface area (Å²) in [5, 5.41) is 18.1. The van der Waals surface area contributed by atoms with E-state index in [9.17, 15) is 0 Å². The monoisotopic (exact) mass is 2300 g/mol. The molecule has 3 heterocycles. The van der Waals surface area contributed by atoms with Crippen molar-refractivity contribution in [3.63, 3.8) is 0 Å². The van der Waals surface area contributed by atoms with Gasteiger partial charge in [-0.25, -0.2) is 0 Å². The predicted octanol–water partition coefficient (Wildman–Crippen LogP) is 41.8. The van der Waals surface area contributed by atoms with Crippen molar-refractivity contribution in [2.45, 2.75) is 63.2 Å². The second kappa shape index (κ2) is 37.4. The van der Waals surface area contributed by atoms with E-state index in [4.69, 9.17) is 14.2 Å². The van der Waals surface area contributed by atoms with Crippen LogP contribution in [0.1, 0.15) is 97.2 Å². The number of hydrogen-bond acceptors (Lipinski definition) is 3. The van der Waals surface area contributed by atoms with Crippen LogP contribution in [0.4, 0.5) is 0 Å². The molecule has 0 saturated carbocycles. The van der Waals surface area contributed by atoms with Crippen LogP contribution >= 0.6 is 112 Å². The molecule has 0 amide bonds. The molecule has 3 aliphatic heterocycles.